The van der Waals surface area contributed by atoms with Crippen LogP contribution in [-0.2, 0) is 4.79 Å². The molecule has 0 unspecified atom stereocenters. The maximum atomic E-state index is 13.6. The number of hydrogen-bond donors (Lipinski definition) is 2. The minimum atomic E-state index is -0.860. The quantitative estimate of drug-likeness (QED) is 0.265. The molecule has 0 spiro atoms. The predicted molar refractivity (Wildman–Crippen MR) is 132 cm³/mol. The van der Waals surface area contributed by atoms with Crippen LogP contribution in [0.3, 0.4) is 0 Å². The Morgan fingerprint density at radius 2 is 2.12 bits per heavy atom. The fourth-order valence-corrected chi connectivity index (χ4v) is 4.36. The van der Waals surface area contributed by atoms with E-state index in [9.17, 15) is 14.4 Å². The third-order valence-corrected chi connectivity index (χ3v) is 6.84. The summed E-state index contributed by atoms with van der Waals surface area (Å²) in [6.45, 7) is 2.25. The van der Waals surface area contributed by atoms with Crippen molar-refractivity contribution in [3.63, 3.8) is 0 Å². The number of carbonyl (C=O) groups is 1. The number of allylic oxidation sites excluding steroid dienone is 1. The van der Waals surface area contributed by atoms with Crippen molar-refractivity contribution in [2.45, 2.75) is 23.6 Å². The zero-order valence-corrected chi connectivity index (χ0v) is 21.1. The van der Waals surface area contributed by atoms with Gasteiger partial charge in [0.2, 0.25) is 0 Å². The summed E-state index contributed by atoms with van der Waals surface area (Å²) in [5.41, 5.74) is 6.71. The first-order valence-corrected chi connectivity index (χ1v) is 15.6. The number of nitriles is 1. The first-order chi connectivity index (χ1) is 15.8. The standard InChI is InChI=1S/C24H23AsClFN4O2/c1-4-33-22-12-20-17(11-21(22)31-23(32)6-5-9-25(2)3)24(15(13-28)14-29-20)30-16-7-8-19(27)18(26)10-16/h5-8,10-12,14H,4,9H2,1-3H3,(H,29,30)(H,31,32). The van der Waals surface area contributed by atoms with Crippen molar-refractivity contribution in [1.29, 1.82) is 5.26 Å². The number of nitrogens with zero attached hydrogens (tertiary/aromatic N) is 2. The first kappa shape index (κ1) is 24.6. The minimum absolute atomic E-state index is 0.0418. The van der Waals surface area contributed by atoms with Crippen LogP contribution in [0.4, 0.5) is 21.5 Å². The van der Waals surface area contributed by atoms with Crippen molar-refractivity contribution in [2.75, 3.05) is 17.2 Å². The monoisotopic (exact) mass is 528 g/mol. The van der Waals surface area contributed by atoms with Gasteiger partial charge in [0.25, 0.3) is 0 Å². The number of hydrogen-bond acceptors (Lipinski definition) is 5. The van der Waals surface area contributed by atoms with Gasteiger partial charge in [0.15, 0.2) is 0 Å². The Morgan fingerprint density at radius 3 is 2.79 bits per heavy atom. The second-order valence-corrected chi connectivity index (χ2v) is 13.1. The number of halogens is 2. The van der Waals surface area contributed by atoms with E-state index in [2.05, 4.69) is 33.1 Å². The Kier molecular flexibility index (Phi) is 8.32. The average Bonchev–Trinajstić information content (AvgIpc) is 2.77. The third kappa shape index (κ3) is 6.25. The Morgan fingerprint density at radius 1 is 1.33 bits per heavy atom. The van der Waals surface area contributed by atoms with Gasteiger partial charge in [-0.3, -0.25) is 0 Å². The summed E-state index contributed by atoms with van der Waals surface area (Å²) < 4.78 is 19.3. The fraction of sp³-hybridized carbons (Fsp3) is 0.208. The number of benzene rings is 2. The van der Waals surface area contributed by atoms with Gasteiger partial charge in [0.05, 0.1) is 5.02 Å². The molecule has 170 valence electrons. The van der Waals surface area contributed by atoms with Gasteiger partial charge in [0, 0.05) is 0 Å². The molecule has 0 aliphatic heterocycles. The van der Waals surface area contributed by atoms with Crippen molar-refractivity contribution in [2.24, 2.45) is 0 Å². The molecule has 3 aromatic rings. The van der Waals surface area contributed by atoms with Crippen LogP contribution in [0.15, 0.2) is 48.7 Å². The second-order valence-electron chi connectivity index (χ2n) is 7.36. The van der Waals surface area contributed by atoms with Crippen LogP contribution in [0, 0.1) is 17.1 Å². The van der Waals surface area contributed by atoms with Gasteiger partial charge >= 0.3 is 169 Å². The molecule has 0 fully saturated rings. The number of amides is 1. The molecule has 2 aromatic carbocycles. The molecule has 0 bridgehead atoms. The van der Waals surface area contributed by atoms with Gasteiger partial charge in [-0.05, 0) is 6.07 Å². The summed E-state index contributed by atoms with van der Waals surface area (Å²) in [6, 6.07) is 9.74. The summed E-state index contributed by atoms with van der Waals surface area (Å²) in [5, 5.41) is 17.1. The molecular formula is C24H23AsClFN4O2. The molecule has 3 rings (SSSR count). The zero-order valence-electron chi connectivity index (χ0n) is 18.4. The molecule has 0 saturated heterocycles. The molecule has 33 heavy (non-hydrogen) atoms. The van der Waals surface area contributed by atoms with Gasteiger partial charge in [-0.1, -0.05) is 11.6 Å². The van der Waals surface area contributed by atoms with E-state index in [1.807, 2.05) is 13.0 Å². The molecule has 0 saturated carbocycles. The van der Waals surface area contributed by atoms with Crippen molar-refractivity contribution < 1.29 is 13.9 Å². The second kappa shape index (κ2) is 11.2. The van der Waals surface area contributed by atoms with Crippen LogP contribution < -0.4 is 15.4 Å². The molecule has 1 amide bonds. The number of anilines is 3. The number of ether oxygens (including phenoxy) is 1. The third-order valence-electron chi connectivity index (χ3n) is 4.58. The van der Waals surface area contributed by atoms with Crippen LogP contribution in [0.5, 0.6) is 5.75 Å². The molecule has 1 aromatic heterocycles. The van der Waals surface area contributed by atoms with E-state index in [4.69, 9.17) is 16.3 Å². The van der Waals surface area contributed by atoms with E-state index in [-0.39, 0.29) is 16.5 Å². The van der Waals surface area contributed by atoms with Crippen molar-refractivity contribution in [3.05, 3.63) is 65.1 Å². The van der Waals surface area contributed by atoms with Gasteiger partial charge in [0.1, 0.15) is 5.82 Å². The summed E-state index contributed by atoms with van der Waals surface area (Å²) in [6.07, 6.45) is 4.86. The topological polar surface area (TPSA) is 87.0 Å². The fourth-order valence-electron chi connectivity index (χ4n) is 3.08. The molecule has 6 nitrogen and oxygen atoms in total. The Hall–Kier alpha value is -3.07. The number of aromatic nitrogens is 1. The number of carbonyl (C=O) groups excluding carboxylic acids is 1. The van der Waals surface area contributed by atoms with Crippen molar-refractivity contribution in [3.8, 4) is 11.8 Å². The summed E-state index contributed by atoms with van der Waals surface area (Å²) in [5.74, 6) is -0.337. The summed E-state index contributed by atoms with van der Waals surface area (Å²) in [4.78, 5) is 16.9. The average molecular weight is 529 g/mol. The maximum absolute atomic E-state index is 13.6. The van der Waals surface area contributed by atoms with E-state index in [1.54, 1.807) is 12.1 Å². The first-order valence-electron chi connectivity index (χ1n) is 10.2. The van der Waals surface area contributed by atoms with Crippen LogP contribution in [0.25, 0.3) is 10.9 Å². The molecule has 0 atom stereocenters. The van der Waals surface area contributed by atoms with Crippen molar-refractivity contribution in [1.82, 2.24) is 4.98 Å². The normalized spacial score (nSPS) is 11.1. The van der Waals surface area contributed by atoms with E-state index in [1.165, 1.54) is 30.5 Å². The number of nitrogens with one attached hydrogen (secondary N) is 2. The van der Waals surface area contributed by atoms with Gasteiger partial charge in [-0.15, -0.1) is 0 Å². The van der Waals surface area contributed by atoms with E-state index >= 15 is 0 Å². The predicted octanol–water partition coefficient (Wildman–Crippen LogP) is 6.29. The SMILES string of the molecule is CCOc1cc2ncc(C#N)c(Nc3ccc(F)c(Cl)c3)c2cc1NC(=O)C=CC[As](C)C. The molecule has 0 aliphatic rings. The van der Waals surface area contributed by atoms with Gasteiger partial charge in [-0.2, -0.15) is 0 Å². The molecule has 1 heterocycles. The molecule has 9 heteroatoms. The number of pyridine rings is 1. The van der Waals surface area contributed by atoms with E-state index < -0.39 is 20.5 Å². The number of rotatable bonds is 8. The molecule has 0 aliphatic carbocycles. The number of fused-ring (bicyclic) bond motifs is 1. The van der Waals surface area contributed by atoms with Crippen LogP contribution in [0.2, 0.25) is 21.7 Å². The van der Waals surface area contributed by atoms with E-state index in [0.29, 0.717) is 40.3 Å². The van der Waals surface area contributed by atoms with Crippen molar-refractivity contribution >= 4 is 60.1 Å². The Labute approximate surface area is 201 Å². The zero-order chi connectivity index (χ0) is 24.0. The van der Waals surface area contributed by atoms with Crippen LogP contribution in [0.1, 0.15) is 12.5 Å². The summed E-state index contributed by atoms with van der Waals surface area (Å²) >= 11 is 5.05. The van der Waals surface area contributed by atoms with Gasteiger partial charge in [-0.25, -0.2) is 4.39 Å². The Bertz CT molecular complexity index is 1260. The summed E-state index contributed by atoms with van der Waals surface area (Å²) in [7, 11) is 0. The van der Waals surface area contributed by atoms with Crippen LogP contribution in [-0.4, -0.2) is 32.1 Å². The Balaban J connectivity index is 2.07. The molecular weight excluding hydrogens is 506 g/mol. The van der Waals surface area contributed by atoms with E-state index in [0.717, 1.165) is 5.21 Å². The molecule has 0 radical (unpaired) electrons. The molecule has 2 N–H and O–H groups in total. The van der Waals surface area contributed by atoms with Crippen LogP contribution >= 0.6 is 11.6 Å². The van der Waals surface area contributed by atoms with Gasteiger partial charge < -0.3 is 0 Å².